The molecule has 2 aromatic rings. The molecule has 0 amide bonds. The molecule has 0 saturated heterocycles. The van der Waals surface area contributed by atoms with Gasteiger partial charge in [0.05, 0.1) is 0 Å². The van der Waals surface area contributed by atoms with Gasteiger partial charge in [0.2, 0.25) is 0 Å². The van der Waals surface area contributed by atoms with Crippen LogP contribution in [0.5, 0.6) is 0 Å². The van der Waals surface area contributed by atoms with Crippen LogP contribution in [-0.4, -0.2) is 8.80 Å². The van der Waals surface area contributed by atoms with Gasteiger partial charge in [0.1, 0.15) is 8.80 Å². The average Bonchev–Trinajstić information content (AvgIpc) is 3.46. The molecule has 0 saturated carbocycles. The third-order valence-corrected chi connectivity index (χ3v) is 9.31. The number of hydrogen-bond acceptors (Lipinski definition) is 0. The van der Waals surface area contributed by atoms with E-state index in [1.165, 1.54) is 45.1 Å². The summed E-state index contributed by atoms with van der Waals surface area (Å²) in [5.41, 5.74) is 7.46. The van der Waals surface area contributed by atoms with Crippen LogP contribution in [-0.2, 0) is 26.2 Å². The molecule has 0 N–H and O–H groups in total. The molecule has 4 rings (SSSR count). The molecule has 177 valence electrons. The number of benzene rings is 2. The van der Waals surface area contributed by atoms with E-state index in [-0.39, 0.29) is 51.0 Å². The van der Waals surface area contributed by atoms with Crippen molar-refractivity contribution in [3.05, 3.63) is 106 Å². The van der Waals surface area contributed by atoms with Gasteiger partial charge in [-0.15, -0.1) is 12.8 Å². The number of hydrogen-bond donors (Lipinski definition) is 0. The molecule has 0 nitrogen and oxygen atoms in total. The van der Waals surface area contributed by atoms with Crippen molar-refractivity contribution in [3.63, 3.8) is 0 Å². The Kier molecular flexibility index (Phi) is 16.2. The van der Waals surface area contributed by atoms with E-state index in [1.54, 1.807) is 11.1 Å². The molecular formula is C30H35Cl2SiZr. The topological polar surface area (TPSA) is 0 Å². The summed E-state index contributed by atoms with van der Waals surface area (Å²) in [5.74, 6) is 0. The van der Waals surface area contributed by atoms with Crippen molar-refractivity contribution in [2.24, 2.45) is 0 Å². The standard InChI is InChI=1S/C19H18Si.C11H17.2ClH.Zr/c1-15-9-3-7-13-18(15)20(17-11-5-6-12-17)19-14-8-4-10-16(19)2;1-4-9-7-8-10(5-2)11(9)6-3;;;/h3-5,7-11,13-14H,6H2,1-2H3;4-7H2,1-3H3;2*1H;/q2*-1;;;+4/p-2. The summed E-state index contributed by atoms with van der Waals surface area (Å²) in [5, 5.41) is 4.38. The maximum Gasteiger partial charge on any atom is 4.00 e. The fourth-order valence-corrected chi connectivity index (χ4v) is 7.41. The second-order valence-corrected chi connectivity index (χ2v) is 10.5. The molecule has 2 aliphatic rings. The van der Waals surface area contributed by atoms with Gasteiger partial charge in [-0.05, 0) is 13.8 Å². The Morgan fingerprint density at radius 1 is 0.765 bits per heavy atom. The first-order valence-corrected chi connectivity index (χ1v) is 13.2. The number of allylic oxidation sites excluding steroid dienone is 8. The maximum atomic E-state index is 3.56. The van der Waals surface area contributed by atoms with Crippen molar-refractivity contribution >= 4 is 19.2 Å². The Balaban J connectivity index is 0.000000676. The first-order chi connectivity index (χ1) is 15.1. The molecule has 1 radical (unpaired) electrons. The zero-order valence-electron chi connectivity index (χ0n) is 21.1. The first kappa shape index (κ1) is 33.1. The van der Waals surface area contributed by atoms with Crippen molar-refractivity contribution in [2.45, 2.75) is 66.7 Å². The molecule has 0 unspecified atom stereocenters. The Morgan fingerprint density at radius 3 is 1.74 bits per heavy atom. The molecule has 2 aromatic carbocycles. The zero-order chi connectivity index (χ0) is 22.2. The molecule has 4 heteroatoms. The fraction of sp³-hybridized carbons (Fsp3) is 0.333. The van der Waals surface area contributed by atoms with Crippen LogP contribution in [0, 0.1) is 26.0 Å². The fourth-order valence-electron chi connectivity index (χ4n) is 4.50. The van der Waals surface area contributed by atoms with Crippen LogP contribution in [0.3, 0.4) is 0 Å². The maximum absolute atomic E-state index is 3.56. The molecule has 0 bridgehead atoms. The van der Waals surface area contributed by atoms with Crippen LogP contribution in [0.15, 0.2) is 82.6 Å². The van der Waals surface area contributed by atoms with E-state index in [9.17, 15) is 0 Å². The van der Waals surface area contributed by atoms with Gasteiger partial charge in [-0.3, -0.25) is 12.2 Å². The number of halogens is 2. The average molecular weight is 586 g/mol. The quantitative estimate of drug-likeness (QED) is 0.348. The number of rotatable bonds is 6. The minimum Gasteiger partial charge on any atom is -1.00 e. The molecule has 34 heavy (non-hydrogen) atoms. The Hall–Kier alpha value is -0.920. The summed E-state index contributed by atoms with van der Waals surface area (Å²) in [7, 11) is -0.919. The summed E-state index contributed by atoms with van der Waals surface area (Å²) in [6.07, 6.45) is 17.1. The van der Waals surface area contributed by atoms with E-state index in [4.69, 9.17) is 0 Å². The molecule has 0 aliphatic heterocycles. The zero-order valence-corrected chi connectivity index (χ0v) is 26.0. The van der Waals surface area contributed by atoms with Gasteiger partial charge in [0.25, 0.3) is 0 Å². The van der Waals surface area contributed by atoms with Gasteiger partial charge in [-0.1, -0.05) is 110 Å². The van der Waals surface area contributed by atoms with Crippen LogP contribution in [0.1, 0.15) is 64.0 Å². The predicted molar refractivity (Wildman–Crippen MR) is 137 cm³/mol. The van der Waals surface area contributed by atoms with E-state index in [2.05, 4.69) is 107 Å². The van der Waals surface area contributed by atoms with Crippen molar-refractivity contribution in [2.75, 3.05) is 0 Å². The van der Waals surface area contributed by atoms with E-state index < -0.39 is 8.80 Å². The monoisotopic (exact) mass is 583 g/mol. The second-order valence-electron chi connectivity index (χ2n) is 8.18. The molecule has 0 spiro atoms. The van der Waals surface area contributed by atoms with Gasteiger partial charge < -0.3 is 24.8 Å². The van der Waals surface area contributed by atoms with Crippen molar-refractivity contribution in [1.82, 2.24) is 0 Å². The van der Waals surface area contributed by atoms with E-state index >= 15 is 0 Å². The van der Waals surface area contributed by atoms with Crippen LogP contribution < -0.4 is 35.2 Å². The molecule has 0 atom stereocenters. The van der Waals surface area contributed by atoms with Gasteiger partial charge >= 0.3 is 26.2 Å². The Morgan fingerprint density at radius 2 is 1.32 bits per heavy atom. The molecule has 0 aromatic heterocycles. The minimum absolute atomic E-state index is 0. The van der Waals surface area contributed by atoms with Crippen molar-refractivity contribution in [3.8, 4) is 0 Å². The largest absolute Gasteiger partial charge is 4.00 e. The van der Waals surface area contributed by atoms with Crippen LogP contribution >= 0.6 is 0 Å². The Labute approximate surface area is 241 Å². The van der Waals surface area contributed by atoms with E-state index in [1.807, 2.05) is 0 Å². The Bertz CT molecular complexity index is 988. The summed E-state index contributed by atoms with van der Waals surface area (Å²) in [6, 6.07) is 17.6. The molecule has 0 heterocycles. The predicted octanol–water partition coefficient (Wildman–Crippen LogP) is 0.793. The molecule has 0 fully saturated rings. The summed E-state index contributed by atoms with van der Waals surface area (Å²) >= 11 is 0. The van der Waals surface area contributed by atoms with Crippen molar-refractivity contribution in [1.29, 1.82) is 0 Å². The van der Waals surface area contributed by atoms with E-state index in [0.717, 1.165) is 19.3 Å². The second kappa shape index (κ2) is 16.7. The van der Waals surface area contributed by atoms with Gasteiger partial charge in [-0.25, -0.2) is 16.8 Å². The van der Waals surface area contributed by atoms with Gasteiger partial charge in [0.15, 0.2) is 0 Å². The molecule has 2 aliphatic carbocycles. The van der Waals surface area contributed by atoms with Gasteiger partial charge in [-0.2, -0.15) is 17.2 Å². The summed E-state index contributed by atoms with van der Waals surface area (Å²) < 4.78 is 0. The third kappa shape index (κ3) is 8.06. The normalized spacial score (nSPS) is 13.8. The molecular weight excluding hydrogens is 551 g/mol. The SMILES string of the molecule is CCC1=[C-]CC(CC)=C1CC.Cc1ccccc1[Si](C1=[C-]CC=C1)c1ccccc1C.[Cl-].[Cl-].[Zr+4]. The van der Waals surface area contributed by atoms with E-state index in [0.29, 0.717) is 0 Å². The summed E-state index contributed by atoms with van der Waals surface area (Å²) in [6.45, 7) is 11.1. The third-order valence-electron chi connectivity index (χ3n) is 6.23. The smallest absolute Gasteiger partial charge is 1.00 e. The van der Waals surface area contributed by atoms with Crippen LogP contribution in [0.25, 0.3) is 0 Å². The summed E-state index contributed by atoms with van der Waals surface area (Å²) in [4.78, 5) is 0. The first-order valence-electron chi connectivity index (χ1n) is 11.7. The van der Waals surface area contributed by atoms with Crippen LogP contribution in [0.4, 0.5) is 0 Å². The van der Waals surface area contributed by atoms with Gasteiger partial charge in [0, 0.05) is 0 Å². The van der Waals surface area contributed by atoms with Crippen molar-refractivity contribution < 1.29 is 51.0 Å². The minimum atomic E-state index is -0.919. The van der Waals surface area contributed by atoms with Crippen LogP contribution in [0.2, 0.25) is 0 Å². The number of aryl methyl sites for hydroxylation is 2.